The van der Waals surface area contributed by atoms with Crippen LogP contribution < -0.4 is 16.1 Å². The molecule has 1 aliphatic heterocycles. The van der Waals surface area contributed by atoms with Crippen LogP contribution in [0.15, 0.2) is 61.1 Å². The highest BCUT2D eigenvalue weighted by atomic mass is 79.9. The summed E-state index contributed by atoms with van der Waals surface area (Å²) in [5.74, 6) is 0.764. The minimum atomic E-state index is -0.425. The number of nitrogens with zero attached hydrogens (tertiary/aromatic N) is 6. The van der Waals surface area contributed by atoms with E-state index in [2.05, 4.69) is 20.8 Å². The number of hydrogen-bond acceptors (Lipinski definition) is 6. The average molecular weight is 527 g/mol. The van der Waals surface area contributed by atoms with Gasteiger partial charge in [-0.1, -0.05) is 28.1 Å². The molecule has 0 saturated carbocycles. The third kappa shape index (κ3) is 3.75. The van der Waals surface area contributed by atoms with E-state index >= 15 is 0 Å². The van der Waals surface area contributed by atoms with Gasteiger partial charge in [-0.15, -0.1) is 0 Å². The Labute approximate surface area is 202 Å². The number of benzene rings is 1. The number of halogens is 1. The number of rotatable bonds is 4. The summed E-state index contributed by atoms with van der Waals surface area (Å²) in [6.07, 6.45) is 1.48. The van der Waals surface area contributed by atoms with Crippen LogP contribution in [0.1, 0.15) is 16.1 Å². The predicted molar refractivity (Wildman–Crippen MR) is 130 cm³/mol. The zero-order valence-corrected chi connectivity index (χ0v) is 20.4. The van der Waals surface area contributed by atoms with Crippen LogP contribution >= 0.6 is 15.9 Å². The summed E-state index contributed by atoms with van der Waals surface area (Å²) in [5, 5.41) is 0. The van der Waals surface area contributed by atoms with Gasteiger partial charge in [0.2, 0.25) is 5.95 Å². The van der Waals surface area contributed by atoms with Gasteiger partial charge in [0.15, 0.2) is 16.9 Å². The Hall–Kier alpha value is -3.60. The first-order valence-corrected chi connectivity index (χ1v) is 11.6. The van der Waals surface area contributed by atoms with Crippen molar-refractivity contribution in [3.8, 4) is 0 Å². The van der Waals surface area contributed by atoms with E-state index in [9.17, 15) is 14.4 Å². The van der Waals surface area contributed by atoms with Gasteiger partial charge in [0.1, 0.15) is 0 Å². The van der Waals surface area contributed by atoms with E-state index in [0.717, 1.165) is 14.6 Å². The minimum absolute atomic E-state index is 0.149. The first kappa shape index (κ1) is 22.2. The molecule has 1 aliphatic rings. The lowest BCUT2D eigenvalue weighted by Gasteiger charge is -2.35. The third-order valence-corrected chi connectivity index (χ3v) is 6.69. The molecule has 11 heteroatoms. The molecule has 1 saturated heterocycles. The monoisotopic (exact) mass is 526 g/mol. The Bertz CT molecular complexity index is 1480. The summed E-state index contributed by atoms with van der Waals surface area (Å²) in [7, 11) is 3.09. The van der Waals surface area contributed by atoms with E-state index in [4.69, 9.17) is 9.40 Å². The van der Waals surface area contributed by atoms with Crippen molar-refractivity contribution >= 4 is 38.9 Å². The fraction of sp³-hybridized carbons (Fsp3) is 0.304. The fourth-order valence-corrected chi connectivity index (χ4v) is 4.53. The molecule has 1 amide bonds. The van der Waals surface area contributed by atoms with Crippen LogP contribution in [0, 0.1) is 0 Å². The van der Waals surface area contributed by atoms with Crippen LogP contribution in [-0.2, 0) is 20.6 Å². The quantitative estimate of drug-likeness (QED) is 0.402. The van der Waals surface area contributed by atoms with Crippen LogP contribution in [0.4, 0.5) is 5.95 Å². The summed E-state index contributed by atoms with van der Waals surface area (Å²) in [5.41, 5.74) is 0.893. The van der Waals surface area contributed by atoms with Gasteiger partial charge in [0, 0.05) is 44.7 Å². The SMILES string of the molecule is Cn1c(=O)c2c(nc(N3CCN(C(=O)c4ccco4)CC3)n2Cc2ccc(Br)cc2)n(C)c1=O. The maximum Gasteiger partial charge on any atom is 0.332 e. The molecule has 1 aromatic carbocycles. The lowest BCUT2D eigenvalue weighted by molar-refractivity contribution is 0.0714. The van der Waals surface area contributed by atoms with Gasteiger partial charge in [0.25, 0.3) is 11.5 Å². The second kappa shape index (κ2) is 8.64. The molecule has 4 aromatic rings. The Morgan fingerprint density at radius 3 is 2.38 bits per heavy atom. The summed E-state index contributed by atoms with van der Waals surface area (Å²) in [6.45, 7) is 2.45. The molecule has 34 heavy (non-hydrogen) atoms. The highest BCUT2D eigenvalue weighted by Gasteiger charge is 2.28. The summed E-state index contributed by atoms with van der Waals surface area (Å²) >= 11 is 3.45. The molecule has 176 valence electrons. The number of piperazine rings is 1. The van der Waals surface area contributed by atoms with Crippen LogP contribution in [0.3, 0.4) is 0 Å². The molecule has 3 aromatic heterocycles. The van der Waals surface area contributed by atoms with Crippen LogP contribution in [-0.4, -0.2) is 55.7 Å². The fourth-order valence-electron chi connectivity index (χ4n) is 4.26. The molecule has 0 unspecified atom stereocenters. The van der Waals surface area contributed by atoms with Crippen molar-refractivity contribution in [1.29, 1.82) is 0 Å². The Morgan fingerprint density at radius 1 is 1.03 bits per heavy atom. The van der Waals surface area contributed by atoms with Crippen molar-refractivity contribution < 1.29 is 9.21 Å². The molecule has 5 rings (SSSR count). The number of carbonyl (C=O) groups excluding carboxylic acids is 1. The van der Waals surface area contributed by atoms with Crippen LogP contribution in [0.2, 0.25) is 0 Å². The lowest BCUT2D eigenvalue weighted by Crippen LogP contribution is -2.49. The van der Waals surface area contributed by atoms with Crippen molar-refractivity contribution in [2.24, 2.45) is 14.1 Å². The first-order valence-electron chi connectivity index (χ1n) is 10.8. The van der Waals surface area contributed by atoms with Gasteiger partial charge in [-0.25, -0.2) is 4.79 Å². The Morgan fingerprint density at radius 2 is 1.74 bits per heavy atom. The number of anilines is 1. The first-order chi connectivity index (χ1) is 16.3. The molecule has 0 aliphatic carbocycles. The smallest absolute Gasteiger partial charge is 0.332 e. The molecule has 0 radical (unpaired) electrons. The Kier molecular flexibility index (Phi) is 5.64. The van der Waals surface area contributed by atoms with Crippen molar-refractivity contribution in [2.45, 2.75) is 6.54 Å². The van der Waals surface area contributed by atoms with E-state index in [1.807, 2.05) is 28.8 Å². The summed E-state index contributed by atoms with van der Waals surface area (Å²) < 4.78 is 10.6. The van der Waals surface area contributed by atoms with E-state index in [0.29, 0.717) is 55.6 Å². The third-order valence-electron chi connectivity index (χ3n) is 6.16. The van der Waals surface area contributed by atoms with Crippen LogP contribution in [0.25, 0.3) is 11.2 Å². The Balaban J connectivity index is 1.54. The molecule has 1 fully saturated rings. The number of fused-ring (bicyclic) bond motifs is 1. The number of imidazole rings is 1. The van der Waals surface area contributed by atoms with Gasteiger partial charge < -0.3 is 14.2 Å². The number of amides is 1. The number of furan rings is 1. The average Bonchev–Trinajstić information content (AvgIpc) is 3.51. The molecule has 0 spiro atoms. The van der Waals surface area contributed by atoms with Gasteiger partial charge in [-0.2, -0.15) is 4.98 Å². The normalized spacial score (nSPS) is 14.2. The highest BCUT2D eigenvalue weighted by Crippen LogP contribution is 2.23. The topological polar surface area (TPSA) is 98.5 Å². The van der Waals surface area contributed by atoms with Gasteiger partial charge in [-0.3, -0.25) is 23.3 Å². The van der Waals surface area contributed by atoms with Gasteiger partial charge in [-0.05, 0) is 29.8 Å². The maximum atomic E-state index is 13.1. The number of aryl methyl sites for hydroxylation is 1. The number of aromatic nitrogens is 4. The van der Waals surface area contributed by atoms with Crippen molar-refractivity contribution in [1.82, 2.24) is 23.6 Å². The summed E-state index contributed by atoms with van der Waals surface area (Å²) in [4.78, 5) is 46.8. The molecule has 0 N–H and O–H groups in total. The molecule has 10 nitrogen and oxygen atoms in total. The molecule has 4 heterocycles. The zero-order valence-electron chi connectivity index (χ0n) is 18.8. The lowest BCUT2D eigenvalue weighted by atomic mass is 10.2. The molecule has 0 atom stereocenters. The van der Waals surface area contributed by atoms with Gasteiger partial charge in [0.05, 0.1) is 12.8 Å². The standard InChI is InChI=1S/C23H23BrN6O4/c1-26-19-18(21(32)27(2)23(26)33)30(14-15-5-7-16(24)8-6-15)22(25-19)29-11-9-28(10-12-29)20(31)17-4-3-13-34-17/h3-8,13H,9-12,14H2,1-2H3. The maximum absolute atomic E-state index is 13.1. The summed E-state index contributed by atoms with van der Waals surface area (Å²) in [6, 6.07) is 11.2. The second-order valence-corrected chi connectivity index (χ2v) is 9.17. The molecular formula is C23H23BrN6O4. The largest absolute Gasteiger partial charge is 0.459 e. The van der Waals surface area contributed by atoms with Gasteiger partial charge >= 0.3 is 5.69 Å². The minimum Gasteiger partial charge on any atom is -0.459 e. The molecular weight excluding hydrogens is 504 g/mol. The van der Waals surface area contributed by atoms with E-state index in [-0.39, 0.29) is 11.5 Å². The number of carbonyl (C=O) groups is 1. The van der Waals surface area contributed by atoms with Crippen molar-refractivity contribution in [3.63, 3.8) is 0 Å². The zero-order chi connectivity index (χ0) is 24.0. The number of hydrogen-bond donors (Lipinski definition) is 0. The van der Waals surface area contributed by atoms with Crippen molar-refractivity contribution in [2.75, 3.05) is 31.1 Å². The van der Waals surface area contributed by atoms with Crippen LogP contribution in [0.5, 0.6) is 0 Å². The van der Waals surface area contributed by atoms with E-state index < -0.39 is 5.69 Å². The van der Waals surface area contributed by atoms with E-state index in [1.54, 1.807) is 24.1 Å². The highest BCUT2D eigenvalue weighted by molar-refractivity contribution is 9.10. The second-order valence-electron chi connectivity index (χ2n) is 8.26. The molecule has 0 bridgehead atoms. The van der Waals surface area contributed by atoms with Crippen molar-refractivity contribution in [3.05, 3.63) is 79.3 Å². The van der Waals surface area contributed by atoms with E-state index in [1.165, 1.54) is 17.9 Å². The predicted octanol–water partition coefficient (Wildman–Crippen LogP) is 1.80.